The number of carbonyl (C=O) groups is 3. The van der Waals surface area contributed by atoms with Gasteiger partial charge in [-0.3, -0.25) is 9.59 Å². The van der Waals surface area contributed by atoms with E-state index < -0.39 is 17.7 Å². The number of ether oxygens (including phenoxy) is 1. The summed E-state index contributed by atoms with van der Waals surface area (Å²) < 4.78 is 4.96. The van der Waals surface area contributed by atoms with E-state index in [9.17, 15) is 14.4 Å². The quantitative estimate of drug-likeness (QED) is 0.503. The highest BCUT2D eigenvalue weighted by Gasteiger charge is 2.30. The molecule has 0 saturated carbocycles. The molecule has 7 heteroatoms. The van der Waals surface area contributed by atoms with Gasteiger partial charge in [-0.25, -0.2) is 4.79 Å². The number of hydrogen-bond acceptors (Lipinski definition) is 5. The molecule has 23 heavy (non-hydrogen) atoms. The van der Waals surface area contributed by atoms with Gasteiger partial charge in [0.25, 0.3) is 11.7 Å². The Labute approximate surface area is 135 Å². The number of amides is 1. The third-order valence-electron chi connectivity index (χ3n) is 4.13. The van der Waals surface area contributed by atoms with Crippen LogP contribution in [0.3, 0.4) is 0 Å². The van der Waals surface area contributed by atoms with Crippen LogP contribution in [0, 0.1) is 13.8 Å². The van der Waals surface area contributed by atoms with E-state index in [4.69, 9.17) is 4.74 Å². The first kappa shape index (κ1) is 17.2. The van der Waals surface area contributed by atoms with E-state index in [1.807, 2.05) is 7.05 Å². The molecule has 126 valence electrons. The normalized spacial score (nSPS) is 15.6. The molecule has 1 aromatic rings. The first-order valence-electron chi connectivity index (χ1n) is 7.75. The Balaban J connectivity index is 2.22. The van der Waals surface area contributed by atoms with Crippen molar-refractivity contribution in [3.8, 4) is 0 Å². The Bertz CT molecular complexity index is 628. The van der Waals surface area contributed by atoms with Gasteiger partial charge in [0.15, 0.2) is 0 Å². The summed E-state index contributed by atoms with van der Waals surface area (Å²) in [6, 6.07) is 0. The number of ketones is 1. The Kier molecular flexibility index (Phi) is 5.20. The highest BCUT2D eigenvalue weighted by molar-refractivity contribution is 6.43. The highest BCUT2D eigenvalue weighted by Crippen LogP contribution is 2.20. The van der Waals surface area contributed by atoms with Crippen molar-refractivity contribution in [2.45, 2.75) is 20.8 Å². The number of aryl methyl sites for hydroxylation is 1. The number of likely N-dealkylation sites (N-methyl/N-ethyl adjacent to an activating group) is 1. The van der Waals surface area contributed by atoms with Crippen molar-refractivity contribution in [1.82, 2.24) is 14.8 Å². The number of hydrogen-bond donors (Lipinski definition) is 1. The van der Waals surface area contributed by atoms with Crippen LogP contribution in [0.25, 0.3) is 0 Å². The number of nitrogens with zero attached hydrogens (tertiary/aromatic N) is 2. The first-order chi connectivity index (χ1) is 10.9. The fourth-order valence-corrected chi connectivity index (χ4v) is 2.76. The number of H-pyrrole nitrogens is 1. The van der Waals surface area contributed by atoms with Gasteiger partial charge in [-0.2, -0.15) is 0 Å². The SMILES string of the molecule is CCOC(=O)c1[nH]c(C)c(C(=O)C(=O)N2CCN(C)CC2)c1C. The molecule has 0 radical (unpaired) electrons. The Morgan fingerprint density at radius 2 is 1.74 bits per heavy atom. The summed E-state index contributed by atoms with van der Waals surface area (Å²) >= 11 is 0. The van der Waals surface area contributed by atoms with E-state index in [-0.39, 0.29) is 17.9 Å². The zero-order valence-electron chi connectivity index (χ0n) is 14.1. The lowest BCUT2D eigenvalue weighted by molar-refractivity contribution is -0.127. The molecule has 0 spiro atoms. The molecule has 0 bridgehead atoms. The van der Waals surface area contributed by atoms with Crippen molar-refractivity contribution in [1.29, 1.82) is 0 Å². The minimum atomic E-state index is -0.573. The third kappa shape index (κ3) is 3.44. The molecule has 0 atom stereocenters. The van der Waals surface area contributed by atoms with Crippen LogP contribution in [-0.4, -0.2) is 72.3 Å². The Morgan fingerprint density at radius 3 is 2.30 bits per heavy atom. The minimum Gasteiger partial charge on any atom is -0.461 e. The first-order valence-corrected chi connectivity index (χ1v) is 7.75. The second-order valence-corrected chi connectivity index (χ2v) is 5.77. The molecule has 2 rings (SSSR count). The van der Waals surface area contributed by atoms with Crippen molar-refractivity contribution >= 4 is 17.7 Å². The van der Waals surface area contributed by atoms with E-state index in [0.29, 0.717) is 24.3 Å². The van der Waals surface area contributed by atoms with E-state index in [1.54, 1.807) is 25.7 Å². The zero-order valence-corrected chi connectivity index (χ0v) is 14.1. The van der Waals surface area contributed by atoms with E-state index in [0.717, 1.165) is 13.1 Å². The fraction of sp³-hybridized carbons (Fsp3) is 0.562. The molecule has 1 aliphatic heterocycles. The van der Waals surface area contributed by atoms with E-state index in [2.05, 4.69) is 9.88 Å². The van der Waals surface area contributed by atoms with Crippen LogP contribution in [0.15, 0.2) is 0 Å². The molecular weight excluding hydrogens is 298 g/mol. The van der Waals surface area contributed by atoms with E-state index in [1.165, 1.54) is 0 Å². The summed E-state index contributed by atoms with van der Waals surface area (Å²) in [6.07, 6.45) is 0. The Hall–Kier alpha value is -2.15. The lowest BCUT2D eigenvalue weighted by Crippen LogP contribution is -2.49. The maximum atomic E-state index is 12.6. The van der Waals surface area contributed by atoms with Gasteiger partial charge in [0, 0.05) is 31.9 Å². The molecule has 0 aromatic carbocycles. The molecule has 2 heterocycles. The molecular formula is C16H23N3O4. The summed E-state index contributed by atoms with van der Waals surface area (Å²) in [6.45, 7) is 7.87. The topological polar surface area (TPSA) is 82.7 Å². The van der Waals surface area contributed by atoms with Gasteiger partial charge in [-0.1, -0.05) is 0 Å². The standard InChI is InChI=1S/C16H23N3O4/c1-5-23-16(22)13-10(2)12(11(3)17-13)14(20)15(21)19-8-6-18(4)7-9-19/h17H,5-9H2,1-4H3. The average molecular weight is 321 g/mol. The van der Waals surface area contributed by atoms with Crippen molar-refractivity contribution in [3.05, 3.63) is 22.5 Å². The molecule has 1 aromatic heterocycles. The summed E-state index contributed by atoms with van der Waals surface area (Å²) in [7, 11) is 1.98. The number of carbonyl (C=O) groups excluding carboxylic acids is 3. The predicted octanol–water partition coefficient (Wildman–Crippen LogP) is 0.765. The van der Waals surface area contributed by atoms with Crippen molar-refractivity contribution in [2.24, 2.45) is 0 Å². The van der Waals surface area contributed by atoms with Crippen molar-refractivity contribution < 1.29 is 19.1 Å². The average Bonchev–Trinajstić information content (AvgIpc) is 2.82. The van der Waals surface area contributed by atoms with Crippen molar-refractivity contribution in [3.63, 3.8) is 0 Å². The lowest BCUT2D eigenvalue weighted by atomic mass is 10.0. The van der Waals surface area contributed by atoms with Gasteiger partial charge in [0.2, 0.25) is 0 Å². The summed E-state index contributed by atoms with van der Waals surface area (Å²) in [4.78, 5) is 43.5. The maximum Gasteiger partial charge on any atom is 0.355 e. The van der Waals surface area contributed by atoms with E-state index >= 15 is 0 Å². The van der Waals surface area contributed by atoms with Crippen LogP contribution in [0.1, 0.15) is 39.0 Å². The maximum absolute atomic E-state index is 12.6. The van der Waals surface area contributed by atoms with Crippen LogP contribution in [0.4, 0.5) is 0 Å². The molecule has 1 fully saturated rings. The van der Waals surface area contributed by atoms with Gasteiger partial charge in [-0.05, 0) is 33.4 Å². The molecule has 0 unspecified atom stereocenters. The minimum absolute atomic E-state index is 0.235. The number of piperazine rings is 1. The number of esters is 1. The third-order valence-corrected chi connectivity index (χ3v) is 4.13. The van der Waals surface area contributed by atoms with Gasteiger partial charge in [0.05, 0.1) is 12.2 Å². The monoisotopic (exact) mass is 321 g/mol. The second kappa shape index (κ2) is 6.95. The van der Waals surface area contributed by atoms with Gasteiger partial charge in [0.1, 0.15) is 5.69 Å². The molecule has 1 amide bonds. The smallest absolute Gasteiger partial charge is 0.355 e. The fourth-order valence-electron chi connectivity index (χ4n) is 2.76. The number of Topliss-reactive ketones (excluding diaryl/α,β-unsaturated/α-hetero) is 1. The molecule has 7 nitrogen and oxygen atoms in total. The highest BCUT2D eigenvalue weighted by atomic mass is 16.5. The molecule has 1 aliphatic rings. The summed E-state index contributed by atoms with van der Waals surface area (Å²) in [5, 5.41) is 0. The number of aromatic nitrogens is 1. The van der Waals surface area contributed by atoms with Crippen LogP contribution >= 0.6 is 0 Å². The molecule has 0 aliphatic carbocycles. The second-order valence-electron chi connectivity index (χ2n) is 5.77. The Morgan fingerprint density at radius 1 is 1.13 bits per heavy atom. The largest absolute Gasteiger partial charge is 0.461 e. The van der Waals surface area contributed by atoms with Gasteiger partial charge >= 0.3 is 5.97 Å². The van der Waals surface area contributed by atoms with Crippen molar-refractivity contribution in [2.75, 3.05) is 39.8 Å². The number of nitrogens with one attached hydrogen (secondary N) is 1. The van der Waals surface area contributed by atoms with Crippen LogP contribution in [0.5, 0.6) is 0 Å². The summed E-state index contributed by atoms with van der Waals surface area (Å²) in [5.74, 6) is -1.60. The van der Waals surface area contributed by atoms with Crippen LogP contribution < -0.4 is 0 Å². The lowest BCUT2D eigenvalue weighted by Gasteiger charge is -2.31. The van der Waals surface area contributed by atoms with Crippen LogP contribution in [-0.2, 0) is 9.53 Å². The zero-order chi connectivity index (χ0) is 17.1. The number of aromatic amines is 1. The molecule has 1 N–H and O–H groups in total. The summed E-state index contributed by atoms with van der Waals surface area (Å²) in [5.41, 5.74) is 1.49. The predicted molar refractivity (Wildman–Crippen MR) is 84.6 cm³/mol. The van der Waals surface area contributed by atoms with Gasteiger partial charge in [-0.15, -0.1) is 0 Å². The molecule has 1 saturated heterocycles. The number of rotatable bonds is 4. The van der Waals surface area contributed by atoms with Crippen LogP contribution in [0.2, 0.25) is 0 Å². The van der Waals surface area contributed by atoms with Gasteiger partial charge < -0.3 is 19.5 Å².